The van der Waals surface area contributed by atoms with Gasteiger partial charge in [-0.25, -0.2) is 0 Å². The lowest BCUT2D eigenvalue weighted by atomic mass is 9.95. The van der Waals surface area contributed by atoms with Gasteiger partial charge in [0, 0.05) is 6.04 Å². The van der Waals surface area contributed by atoms with Crippen LogP contribution in [0.1, 0.15) is 39.0 Å². The number of halogens is 2. The molecule has 0 saturated heterocycles. The Balaban J connectivity index is 2.39. The maximum atomic E-state index is 11.6. The number of hydrogen-bond acceptors (Lipinski definition) is 1. The van der Waals surface area contributed by atoms with Crippen molar-refractivity contribution in [2.24, 2.45) is 0 Å². The molecule has 1 saturated carbocycles. The minimum Gasteiger partial charge on any atom is -0.352 e. The second kappa shape index (κ2) is 5.22. The van der Waals surface area contributed by atoms with Gasteiger partial charge < -0.3 is 5.32 Å². The highest BCUT2D eigenvalue weighted by atomic mass is 35.5. The molecule has 4 heteroatoms. The van der Waals surface area contributed by atoms with Gasteiger partial charge in [0.1, 0.15) is 4.87 Å². The fraction of sp³-hybridized carbons (Fsp3) is 0.900. The third-order valence-corrected chi connectivity index (χ3v) is 3.64. The van der Waals surface area contributed by atoms with Crippen LogP contribution in [0.4, 0.5) is 0 Å². The Morgan fingerprint density at radius 2 is 2.00 bits per heavy atom. The van der Waals surface area contributed by atoms with E-state index in [9.17, 15) is 4.79 Å². The van der Waals surface area contributed by atoms with Crippen LogP contribution in [-0.2, 0) is 4.79 Å². The maximum absolute atomic E-state index is 11.6. The average Bonchev–Trinajstić information content (AvgIpc) is 2.19. The summed E-state index contributed by atoms with van der Waals surface area (Å²) in [5, 5.41) is 2.95. The molecule has 0 radical (unpaired) electrons. The van der Waals surface area contributed by atoms with Gasteiger partial charge in [0.05, 0.1) is 5.88 Å². The molecule has 0 heterocycles. The van der Waals surface area contributed by atoms with Crippen molar-refractivity contribution in [2.75, 3.05) is 5.88 Å². The average molecular weight is 238 g/mol. The van der Waals surface area contributed by atoms with Gasteiger partial charge in [-0.2, -0.15) is 0 Å². The van der Waals surface area contributed by atoms with E-state index in [4.69, 9.17) is 23.2 Å². The van der Waals surface area contributed by atoms with E-state index < -0.39 is 4.87 Å². The van der Waals surface area contributed by atoms with Crippen LogP contribution in [0, 0.1) is 0 Å². The molecule has 0 aromatic heterocycles. The van der Waals surface area contributed by atoms with Gasteiger partial charge in [0.15, 0.2) is 0 Å². The van der Waals surface area contributed by atoms with Crippen molar-refractivity contribution in [1.82, 2.24) is 5.32 Å². The second-order valence-electron chi connectivity index (χ2n) is 4.14. The van der Waals surface area contributed by atoms with E-state index in [0.29, 0.717) is 6.04 Å². The summed E-state index contributed by atoms with van der Waals surface area (Å²) in [6, 6.07) is 0.303. The molecule has 1 atom stereocenters. The zero-order chi connectivity index (χ0) is 10.6. The normalized spacial score (nSPS) is 22.8. The zero-order valence-electron chi connectivity index (χ0n) is 8.48. The van der Waals surface area contributed by atoms with E-state index in [0.717, 1.165) is 12.8 Å². The van der Waals surface area contributed by atoms with E-state index in [2.05, 4.69) is 5.32 Å². The highest BCUT2D eigenvalue weighted by molar-refractivity contribution is 6.39. The number of alkyl halides is 2. The summed E-state index contributed by atoms with van der Waals surface area (Å²) in [7, 11) is 0. The summed E-state index contributed by atoms with van der Waals surface area (Å²) >= 11 is 11.6. The molecule has 1 N–H and O–H groups in total. The summed E-state index contributed by atoms with van der Waals surface area (Å²) in [5.41, 5.74) is 0. The second-order valence-corrected chi connectivity index (χ2v) is 5.24. The lowest BCUT2D eigenvalue weighted by Gasteiger charge is -2.26. The predicted octanol–water partition coefficient (Wildman–Crippen LogP) is 2.67. The largest absolute Gasteiger partial charge is 0.352 e. The molecule has 1 aliphatic rings. The van der Waals surface area contributed by atoms with Crippen LogP contribution in [0.3, 0.4) is 0 Å². The van der Waals surface area contributed by atoms with Crippen molar-refractivity contribution in [3.8, 4) is 0 Å². The number of carbonyl (C=O) groups excluding carboxylic acids is 1. The first-order valence-corrected chi connectivity index (χ1v) is 6.03. The fourth-order valence-corrected chi connectivity index (χ4v) is 1.82. The molecule has 0 bridgehead atoms. The summed E-state index contributed by atoms with van der Waals surface area (Å²) in [4.78, 5) is 10.7. The van der Waals surface area contributed by atoms with Crippen LogP contribution in [-0.4, -0.2) is 22.7 Å². The first-order chi connectivity index (χ1) is 6.56. The SMILES string of the molecule is C[C@](Cl)(CCl)C(=O)NC1CCCCC1. The van der Waals surface area contributed by atoms with E-state index in [1.807, 2.05) is 0 Å². The summed E-state index contributed by atoms with van der Waals surface area (Å²) in [6.07, 6.45) is 5.82. The topological polar surface area (TPSA) is 29.1 Å². The number of hydrogen-bond donors (Lipinski definition) is 1. The van der Waals surface area contributed by atoms with Crippen molar-refractivity contribution >= 4 is 29.1 Å². The van der Waals surface area contributed by atoms with Gasteiger partial charge in [0.25, 0.3) is 0 Å². The van der Waals surface area contributed by atoms with E-state index in [1.165, 1.54) is 19.3 Å². The molecule has 14 heavy (non-hydrogen) atoms. The van der Waals surface area contributed by atoms with Crippen LogP contribution < -0.4 is 5.32 Å². The monoisotopic (exact) mass is 237 g/mol. The summed E-state index contributed by atoms with van der Waals surface area (Å²) in [5.74, 6) is 0.00804. The fourth-order valence-electron chi connectivity index (χ4n) is 1.64. The van der Waals surface area contributed by atoms with Crippen LogP contribution >= 0.6 is 23.2 Å². The number of amides is 1. The van der Waals surface area contributed by atoms with Crippen LogP contribution in [0.15, 0.2) is 0 Å². The standard InChI is InChI=1S/C10H17Cl2NO/c1-10(12,7-11)9(14)13-8-5-3-2-4-6-8/h8H,2-7H2,1H3,(H,13,14)/t10-/m0/s1. The van der Waals surface area contributed by atoms with Gasteiger partial charge in [-0.3, -0.25) is 4.79 Å². The smallest absolute Gasteiger partial charge is 0.242 e. The lowest BCUT2D eigenvalue weighted by molar-refractivity contribution is -0.123. The van der Waals surface area contributed by atoms with Gasteiger partial charge in [-0.15, -0.1) is 23.2 Å². The lowest BCUT2D eigenvalue weighted by Crippen LogP contribution is -2.46. The van der Waals surface area contributed by atoms with Crippen LogP contribution in [0.5, 0.6) is 0 Å². The molecule has 1 fully saturated rings. The molecule has 0 aromatic carbocycles. The maximum Gasteiger partial charge on any atom is 0.242 e. The Morgan fingerprint density at radius 3 is 2.50 bits per heavy atom. The number of nitrogens with one attached hydrogen (secondary N) is 1. The number of rotatable bonds is 3. The molecule has 0 aliphatic heterocycles. The highest BCUT2D eigenvalue weighted by Gasteiger charge is 2.31. The predicted molar refractivity (Wildman–Crippen MR) is 60.0 cm³/mol. The number of carbonyl (C=O) groups is 1. The highest BCUT2D eigenvalue weighted by Crippen LogP contribution is 2.21. The zero-order valence-corrected chi connectivity index (χ0v) is 10.00. The molecule has 0 aromatic rings. The van der Waals surface area contributed by atoms with E-state index in [1.54, 1.807) is 6.92 Å². The summed E-state index contributed by atoms with van der Waals surface area (Å²) < 4.78 is 0. The van der Waals surface area contributed by atoms with Crippen molar-refractivity contribution in [3.63, 3.8) is 0 Å². The first-order valence-electron chi connectivity index (χ1n) is 5.12. The van der Waals surface area contributed by atoms with E-state index in [-0.39, 0.29) is 11.8 Å². The quantitative estimate of drug-likeness (QED) is 0.752. The van der Waals surface area contributed by atoms with Gasteiger partial charge in [-0.05, 0) is 19.8 Å². The van der Waals surface area contributed by atoms with Crippen molar-refractivity contribution in [3.05, 3.63) is 0 Å². The van der Waals surface area contributed by atoms with E-state index >= 15 is 0 Å². The van der Waals surface area contributed by atoms with Crippen LogP contribution in [0.25, 0.3) is 0 Å². The Morgan fingerprint density at radius 1 is 1.43 bits per heavy atom. The van der Waals surface area contributed by atoms with Crippen molar-refractivity contribution < 1.29 is 4.79 Å². The molecule has 1 rings (SSSR count). The molecular formula is C10H17Cl2NO. The summed E-state index contributed by atoms with van der Waals surface area (Å²) in [6.45, 7) is 1.65. The van der Waals surface area contributed by atoms with Crippen molar-refractivity contribution in [2.45, 2.75) is 49.9 Å². The Kier molecular flexibility index (Phi) is 4.52. The van der Waals surface area contributed by atoms with Crippen LogP contribution in [0.2, 0.25) is 0 Å². The van der Waals surface area contributed by atoms with Gasteiger partial charge in [-0.1, -0.05) is 19.3 Å². The van der Waals surface area contributed by atoms with Gasteiger partial charge in [0.2, 0.25) is 5.91 Å². The van der Waals surface area contributed by atoms with Crippen molar-refractivity contribution in [1.29, 1.82) is 0 Å². The molecular weight excluding hydrogens is 221 g/mol. The molecule has 82 valence electrons. The first kappa shape index (κ1) is 12.1. The Labute approximate surface area is 95.3 Å². The molecule has 1 amide bonds. The third-order valence-electron chi connectivity index (χ3n) is 2.66. The molecule has 2 nitrogen and oxygen atoms in total. The molecule has 0 spiro atoms. The minimum absolute atomic E-state index is 0.138. The molecule has 1 aliphatic carbocycles. The Hall–Kier alpha value is 0.0500. The third kappa shape index (κ3) is 3.32. The minimum atomic E-state index is -0.959. The van der Waals surface area contributed by atoms with Gasteiger partial charge >= 0.3 is 0 Å². The Bertz CT molecular complexity index is 200. The molecule has 0 unspecified atom stereocenters.